The van der Waals surface area contributed by atoms with Crippen molar-refractivity contribution < 1.29 is 27.0 Å². The second kappa shape index (κ2) is 7.32. The van der Waals surface area contributed by atoms with Crippen LogP contribution in [0.15, 0.2) is 36.4 Å². The number of hydrogen-bond acceptors (Lipinski definition) is 3. The van der Waals surface area contributed by atoms with Gasteiger partial charge in [0.15, 0.2) is 11.5 Å². The standard InChI is InChI=1S/C18H16ClF4NO2/c1-10(11-2-4-15(20)14(6-11)18(21,22)23)25-16-5-3-12(19)7-17(16)26-13-8-24-9-13/h2-7,10,13,24H,8-9H2,1H3. The van der Waals surface area contributed by atoms with Crippen LogP contribution >= 0.6 is 11.6 Å². The summed E-state index contributed by atoms with van der Waals surface area (Å²) in [6.07, 6.45) is -5.54. The van der Waals surface area contributed by atoms with Crippen LogP contribution < -0.4 is 14.8 Å². The molecule has 0 aromatic heterocycles. The van der Waals surface area contributed by atoms with E-state index in [1.807, 2.05) is 0 Å². The van der Waals surface area contributed by atoms with E-state index in [1.54, 1.807) is 25.1 Å². The molecule has 2 aromatic rings. The quantitative estimate of drug-likeness (QED) is 0.731. The number of halogens is 5. The van der Waals surface area contributed by atoms with Crippen molar-refractivity contribution in [3.8, 4) is 11.5 Å². The predicted octanol–water partition coefficient (Wildman–Crippen LogP) is 4.99. The highest BCUT2D eigenvalue weighted by molar-refractivity contribution is 6.30. The van der Waals surface area contributed by atoms with E-state index in [0.717, 1.165) is 12.1 Å². The molecule has 0 saturated carbocycles. The minimum absolute atomic E-state index is 0.0197. The monoisotopic (exact) mass is 389 g/mol. The van der Waals surface area contributed by atoms with Crippen LogP contribution in [0.2, 0.25) is 5.02 Å². The summed E-state index contributed by atoms with van der Waals surface area (Å²) < 4.78 is 63.7. The molecule has 0 bridgehead atoms. The topological polar surface area (TPSA) is 30.5 Å². The molecule has 26 heavy (non-hydrogen) atoms. The summed E-state index contributed by atoms with van der Waals surface area (Å²) in [5.74, 6) is -0.554. The Morgan fingerprint density at radius 1 is 1.12 bits per heavy atom. The molecule has 140 valence electrons. The van der Waals surface area contributed by atoms with E-state index in [2.05, 4.69) is 5.32 Å². The molecule has 0 amide bonds. The highest BCUT2D eigenvalue weighted by Gasteiger charge is 2.34. The van der Waals surface area contributed by atoms with Gasteiger partial charge in [-0.1, -0.05) is 17.7 Å². The molecule has 1 saturated heterocycles. The van der Waals surface area contributed by atoms with Gasteiger partial charge in [0.1, 0.15) is 18.0 Å². The van der Waals surface area contributed by atoms with Gasteiger partial charge in [-0.15, -0.1) is 0 Å². The lowest BCUT2D eigenvalue weighted by Crippen LogP contribution is -2.50. The van der Waals surface area contributed by atoms with Crippen molar-refractivity contribution in [2.24, 2.45) is 0 Å². The summed E-state index contributed by atoms with van der Waals surface area (Å²) in [4.78, 5) is 0. The number of hydrogen-bond donors (Lipinski definition) is 1. The van der Waals surface area contributed by atoms with Crippen molar-refractivity contribution in [2.45, 2.75) is 25.3 Å². The Bertz CT molecular complexity index is 793. The minimum atomic E-state index is -4.77. The number of rotatable bonds is 5. The first-order valence-corrected chi connectivity index (χ1v) is 8.32. The first kappa shape index (κ1) is 18.8. The van der Waals surface area contributed by atoms with Gasteiger partial charge in [0.2, 0.25) is 0 Å². The Labute approximate surface area is 152 Å². The summed E-state index contributed by atoms with van der Waals surface area (Å²) >= 11 is 5.99. The molecule has 2 aromatic carbocycles. The fourth-order valence-corrected chi connectivity index (χ4v) is 2.63. The fraction of sp³-hybridized carbons (Fsp3) is 0.333. The lowest BCUT2D eigenvalue weighted by atomic mass is 10.1. The Kier molecular flexibility index (Phi) is 5.29. The van der Waals surface area contributed by atoms with E-state index < -0.39 is 23.7 Å². The van der Waals surface area contributed by atoms with Gasteiger partial charge in [0, 0.05) is 24.2 Å². The zero-order chi connectivity index (χ0) is 18.9. The Hall–Kier alpha value is -1.99. The maximum Gasteiger partial charge on any atom is 0.419 e. The van der Waals surface area contributed by atoms with Gasteiger partial charge in [-0.05, 0) is 36.8 Å². The van der Waals surface area contributed by atoms with E-state index in [4.69, 9.17) is 21.1 Å². The Balaban J connectivity index is 1.83. The van der Waals surface area contributed by atoms with E-state index in [-0.39, 0.29) is 11.7 Å². The van der Waals surface area contributed by atoms with Crippen LogP contribution in [0.5, 0.6) is 11.5 Å². The van der Waals surface area contributed by atoms with Crippen molar-refractivity contribution in [1.29, 1.82) is 0 Å². The maximum atomic E-state index is 13.5. The van der Waals surface area contributed by atoms with Gasteiger partial charge in [-0.25, -0.2) is 4.39 Å². The second-order valence-corrected chi connectivity index (χ2v) is 6.42. The maximum absolute atomic E-state index is 13.5. The molecule has 1 unspecified atom stereocenters. The molecule has 0 radical (unpaired) electrons. The first-order valence-electron chi connectivity index (χ1n) is 7.94. The van der Waals surface area contributed by atoms with Crippen LogP contribution in [-0.2, 0) is 6.18 Å². The van der Waals surface area contributed by atoms with Crippen LogP contribution in [0.3, 0.4) is 0 Å². The largest absolute Gasteiger partial charge is 0.484 e. The van der Waals surface area contributed by atoms with Crippen molar-refractivity contribution in [3.05, 3.63) is 58.4 Å². The van der Waals surface area contributed by atoms with Crippen LogP contribution in [0.1, 0.15) is 24.2 Å². The Morgan fingerprint density at radius 3 is 2.46 bits per heavy atom. The number of ether oxygens (including phenoxy) is 2. The SMILES string of the molecule is CC(Oc1ccc(Cl)cc1OC1CNC1)c1ccc(F)c(C(F)(F)F)c1. The summed E-state index contributed by atoms with van der Waals surface area (Å²) in [6.45, 7) is 2.96. The van der Waals surface area contributed by atoms with Crippen molar-refractivity contribution in [2.75, 3.05) is 13.1 Å². The van der Waals surface area contributed by atoms with Gasteiger partial charge >= 0.3 is 6.18 Å². The van der Waals surface area contributed by atoms with E-state index in [0.29, 0.717) is 29.6 Å². The number of nitrogens with one attached hydrogen (secondary N) is 1. The lowest BCUT2D eigenvalue weighted by Gasteiger charge is -2.29. The molecule has 1 aliphatic rings. The number of alkyl halides is 3. The highest BCUT2D eigenvalue weighted by atomic mass is 35.5. The van der Waals surface area contributed by atoms with Gasteiger partial charge in [-0.2, -0.15) is 13.2 Å². The van der Waals surface area contributed by atoms with Crippen molar-refractivity contribution in [1.82, 2.24) is 5.32 Å². The predicted molar refractivity (Wildman–Crippen MR) is 89.2 cm³/mol. The molecule has 0 spiro atoms. The highest BCUT2D eigenvalue weighted by Crippen LogP contribution is 2.37. The van der Waals surface area contributed by atoms with Crippen LogP contribution in [-0.4, -0.2) is 19.2 Å². The molecule has 1 aliphatic heterocycles. The zero-order valence-corrected chi connectivity index (χ0v) is 14.5. The molecule has 3 nitrogen and oxygen atoms in total. The third kappa shape index (κ3) is 4.22. The van der Waals surface area contributed by atoms with E-state index in [1.165, 1.54) is 6.07 Å². The van der Waals surface area contributed by atoms with Crippen LogP contribution in [0.25, 0.3) is 0 Å². The first-order chi connectivity index (χ1) is 12.2. The van der Waals surface area contributed by atoms with Crippen molar-refractivity contribution >= 4 is 11.6 Å². The molecule has 8 heteroatoms. The molecule has 0 aliphatic carbocycles. The molecule has 1 atom stereocenters. The number of benzene rings is 2. The summed E-state index contributed by atoms with van der Waals surface area (Å²) in [5, 5.41) is 3.52. The van der Waals surface area contributed by atoms with Gasteiger partial charge in [0.05, 0.1) is 5.56 Å². The summed E-state index contributed by atoms with van der Waals surface area (Å²) in [7, 11) is 0. The third-order valence-corrected chi connectivity index (χ3v) is 4.25. The smallest absolute Gasteiger partial charge is 0.419 e. The van der Waals surface area contributed by atoms with Crippen molar-refractivity contribution in [3.63, 3.8) is 0 Å². The molecule has 1 fully saturated rings. The van der Waals surface area contributed by atoms with E-state index >= 15 is 0 Å². The van der Waals surface area contributed by atoms with Crippen LogP contribution in [0.4, 0.5) is 17.6 Å². The third-order valence-electron chi connectivity index (χ3n) is 4.01. The molecule has 1 N–H and O–H groups in total. The zero-order valence-electron chi connectivity index (χ0n) is 13.7. The average molecular weight is 390 g/mol. The average Bonchev–Trinajstić information content (AvgIpc) is 2.52. The molecule has 1 heterocycles. The van der Waals surface area contributed by atoms with E-state index in [9.17, 15) is 17.6 Å². The lowest BCUT2D eigenvalue weighted by molar-refractivity contribution is -0.140. The Morgan fingerprint density at radius 2 is 1.85 bits per heavy atom. The normalized spacial score (nSPS) is 16.1. The second-order valence-electron chi connectivity index (χ2n) is 5.99. The van der Waals surface area contributed by atoms with Gasteiger partial charge in [-0.3, -0.25) is 0 Å². The molecule has 3 rings (SSSR count). The summed E-state index contributed by atoms with van der Waals surface area (Å²) in [5.41, 5.74) is -1.12. The van der Waals surface area contributed by atoms with Gasteiger partial charge < -0.3 is 14.8 Å². The molecular weight excluding hydrogens is 374 g/mol. The minimum Gasteiger partial charge on any atom is -0.484 e. The summed E-state index contributed by atoms with van der Waals surface area (Å²) in [6, 6.07) is 7.59. The van der Waals surface area contributed by atoms with Crippen LogP contribution in [0, 0.1) is 5.82 Å². The molecular formula is C18H16ClF4NO2. The van der Waals surface area contributed by atoms with Gasteiger partial charge in [0.25, 0.3) is 0 Å². The fourth-order valence-electron chi connectivity index (χ4n) is 2.47.